The quantitative estimate of drug-likeness (QED) is 0.783. The van der Waals surface area contributed by atoms with Crippen LogP contribution in [0.4, 0.5) is 0 Å². The average Bonchev–Trinajstić information content (AvgIpc) is 2.53. The molecule has 8 heteroatoms. The van der Waals surface area contributed by atoms with Gasteiger partial charge >= 0.3 is 0 Å². The van der Waals surface area contributed by atoms with Crippen molar-refractivity contribution in [2.24, 2.45) is 0 Å². The lowest BCUT2D eigenvalue weighted by Gasteiger charge is -2.07. The minimum absolute atomic E-state index is 0.000170. The molecule has 102 valence electrons. The molecule has 0 saturated heterocycles. The van der Waals surface area contributed by atoms with E-state index in [1.165, 1.54) is 4.68 Å². The first-order valence-corrected chi connectivity index (χ1v) is 8.24. The number of hydrogen-bond acceptors (Lipinski definition) is 3. The number of aromatic nitrogens is 2. The first-order chi connectivity index (χ1) is 8.71. The van der Waals surface area contributed by atoms with Crippen LogP contribution in [0, 0.1) is 13.8 Å². The molecule has 0 aliphatic rings. The lowest BCUT2D eigenvalue weighted by molar-refractivity contribution is 0.608. The SMILES string of the molecule is Cc1nn(-c2ccc(Cl)cc2Cl)c(C)c1S(=O)(=O)Cl. The molecule has 2 aromatic rings. The van der Waals surface area contributed by atoms with Crippen molar-refractivity contribution in [1.29, 1.82) is 0 Å². The van der Waals surface area contributed by atoms with E-state index in [0.29, 0.717) is 27.1 Å². The molecule has 0 atom stereocenters. The highest BCUT2D eigenvalue weighted by Gasteiger charge is 2.23. The van der Waals surface area contributed by atoms with Crippen LogP contribution in [-0.4, -0.2) is 18.2 Å². The monoisotopic (exact) mass is 338 g/mol. The van der Waals surface area contributed by atoms with Gasteiger partial charge in [0.05, 0.1) is 22.1 Å². The third-order valence-corrected chi connectivity index (χ3v) is 4.69. The number of rotatable bonds is 2. The molecule has 1 aromatic carbocycles. The summed E-state index contributed by atoms with van der Waals surface area (Å²) in [6.45, 7) is 3.18. The van der Waals surface area contributed by atoms with Gasteiger partial charge in [-0.15, -0.1) is 0 Å². The molecule has 0 unspecified atom stereocenters. The van der Waals surface area contributed by atoms with Crippen LogP contribution in [0.3, 0.4) is 0 Å². The Labute approximate surface area is 125 Å². The molecule has 0 spiro atoms. The molecule has 1 heterocycles. The smallest absolute Gasteiger partial charge is 0.235 e. The Hall–Kier alpha value is -0.750. The third-order valence-electron chi connectivity index (χ3n) is 2.61. The number of benzene rings is 1. The van der Waals surface area contributed by atoms with Crippen molar-refractivity contribution in [3.8, 4) is 5.69 Å². The normalized spacial score (nSPS) is 11.8. The van der Waals surface area contributed by atoms with E-state index in [-0.39, 0.29) is 4.90 Å². The molecule has 0 aliphatic carbocycles. The number of nitrogens with zero attached hydrogens (tertiary/aromatic N) is 2. The highest BCUT2D eigenvalue weighted by molar-refractivity contribution is 8.13. The fourth-order valence-electron chi connectivity index (χ4n) is 1.87. The van der Waals surface area contributed by atoms with E-state index in [4.69, 9.17) is 33.9 Å². The second-order valence-corrected chi connectivity index (χ2v) is 7.29. The first kappa shape index (κ1) is 14.7. The van der Waals surface area contributed by atoms with Crippen molar-refractivity contribution in [3.63, 3.8) is 0 Å². The summed E-state index contributed by atoms with van der Waals surface area (Å²) in [6.07, 6.45) is 0. The predicted octanol–water partition coefficient (Wildman–Crippen LogP) is 3.72. The van der Waals surface area contributed by atoms with Gasteiger partial charge in [-0.05, 0) is 32.0 Å². The Morgan fingerprint density at radius 3 is 2.32 bits per heavy atom. The molecule has 0 saturated carbocycles. The highest BCUT2D eigenvalue weighted by atomic mass is 35.7. The van der Waals surface area contributed by atoms with Crippen LogP contribution in [0.1, 0.15) is 11.4 Å². The van der Waals surface area contributed by atoms with Crippen LogP contribution >= 0.6 is 33.9 Å². The first-order valence-electron chi connectivity index (χ1n) is 5.18. The summed E-state index contributed by atoms with van der Waals surface area (Å²) in [5.41, 5.74) is 1.26. The van der Waals surface area contributed by atoms with Crippen LogP contribution in [0.25, 0.3) is 5.69 Å². The van der Waals surface area contributed by atoms with Crippen molar-refractivity contribution in [2.45, 2.75) is 18.7 Å². The summed E-state index contributed by atoms with van der Waals surface area (Å²) >= 11 is 11.9. The van der Waals surface area contributed by atoms with E-state index < -0.39 is 9.05 Å². The molecule has 0 aliphatic heterocycles. The molecule has 0 bridgehead atoms. The summed E-state index contributed by atoms with van der Waals surface area (Å²) in [7, 11) is 1.55. The molecule has 0 amide bonds. The maximum Gasteiger partial charge on any atom is 0.264 e. The molecule has 4 nitrogen and oxygen atoms in total. The largest absolute Gasteiger partial charge is 0.264 e. The molecular weight excluding hydrogens is 331 g/mol. The van der Waals surface area contributed by atoms with Gasteiger partial charge in [-0.2, -0.15) is 5.10 Å². The van der Waals surface area contributed by atoms with Crippen LogP contribution < -0.4 is 0 Å². The van der Waals surface area contributed by atoms with Gasteiger partial charge in [-0.3, -0.25) is 0 Å². The summed E-state index contributed by atoms with van der Waals surface area (Å²) in [6, 6.07) is 4.87. The number of halogens is 3. The van der Waals surface area contributed by atoms with Crippen molar-refractivity contribution in [1.82, 2.24) is 9.78 Å². The summed E-state index contributed by atoms with van der Waals surface area (Å²) in [4.78, 5) is 0.000170. The van der Waals surface area contributed by atoms with Crippen molar-refractivity contribution < 1.29 is 8.42 Å². The summed E-state index contributed by atoms with van der Waals surface area (Å²) < 4.78 is 24.5. The second kappa shape index (κ2) is 4.98. The third kappa shape index (κ3) is 2.74. The second-order valence-electron chi connectivity index (χ2n) is 3.95. The lowest BCUT2D eigenvalue weighted by Crippen LogP contribution is -2.01. The minimum Gasteiger partial charge on any atom is -0.235 e. The predicted molar refractivity (Wildman–Crippen MR) is 76.1 cm³/mol. The molecule has 1 aromatic heterocycles. The number of hydrogen-bond donors (Lipinski definition) is 0. The van der Waals surface area contributed by atoms with Crippen molar-refractivity contribution in [2.75, 3.05) is 0 Å². The van der Waals surface area contributed by atoms with E-state index in [1.54, 1.807) is 32.0 Å². The molecule has 0 N–H and O–H groups in total. The Kier molecular flexibility index (Phi) is 3.84. The highest BCUT2D eigenvalue weighted by Crippen LogP contribution is 2.29. The van der Waals surface area contributed by atoms with Crippen molar-refractivity contribution in [3.05, 3.63) is 39.6 Å². The summed E-state index contributed by atoms with van der Waals surface area (Å²) in [5.74, 6) is 0. The Balaban J connectivity index is 2.72. The van der Waals surface area contributed by atoms with Gasteiger partial charge in [0.15, 0.2) is 0 Å². The fourth-order valence-corrected chi connectivity index (χ4v) is 3.86. The maximum absolute atomic E-state index is 11.5. The topological polar surface area (TPSA) is 52.0 Å². The zero-order chi connectivity index (χ0) is 14.4. The van der Waals surface area contributed by atoms with Gasteiger partial charge in [0.2, 0.25) is 0 Å². The van der Waals surface area contributed by atoms with Crippen LogP contribution in [0.5, 0.6) is 0 Å². The Morgan fingerprint density at radius 2 is 1.84 bits per heavy atom. The van der Waals surface area contributed by atoms with Crippen molar-refractivity contribution >= 4 is 42.9 Å². The zero-order valence-electron chi connectivity index (χ0n) is 9.99. The van der Waals surface area contributed by atoms with E-state index in [0.717, 1.165) is 0 Å². The van der Waals surface area contributed by atoms with Gasteiger partial charge in [-0.25, -0.2) is 13.1 Å². The van der Waals surface area contributed by atoms with Crippen LogP contribution in [-0.2, 0) is 9.05 Å². The van der Waals surface area contributed by atoms with E-state index in [1.807, 2.05) is 0 Å². The van der Waals surface area contributed by atoms with Crippen LogP contribution in [0.15, 0.2) is 23.1 Å². The molecule has 0 fully saturated rings. The molecule has 0 radical (unpaired) electrons. The van der Waals surface area contributed by atoms with Gasteiger partial charge in [0.25, 0.3) is 9.05 Å². The maximum atomic E-state index is 11.5. The molecule has 2 rings (SSSR count). The standard InChI is InChI=1S/C11H9Cl3N2O2S/c1-6-11(19(14,17)18)7(2)16(15-6)10-4-3-8(12)5-9(10)13/h3-5H,1-2H3. The Morgan fingerprint density at radius 1 is 1.21 bits per heavy atom. The minimum atomic E-state index is -3.85. The zero-order valence-corrected chi connectivity index (χ0v) is 13.1. The van der Waals surface area contributed by atoms with Gasteiger partial charge < -0.3 is 0 Å². The average molecular weight is 340 g/mol. The van der Waals surface area contributed by atoms with Gasteiger partial charge in [-0.1, -0.05) is 23.2 Å². The molecular formula is C11H9Cl3N2O2S. The number of aryl methyl sites for hydroxylation is 1. The van der Waals surface area contributed by atoms with E-state index in [9.17, 15) is 8.42 Å². The Bertz CT molecular complexity index is 754. The summed E-state index contributed by atoms with van der Waals surface area (Å²) in [5, 5.41) is 5.02. The van der Waals surface area contributed by atoms with E-state index in [2.05, 4.69) is 5.10 Å². The van der Waals surface area contributed by atoms with Gasteiger partial charge in [0.1, 0.15) is 4.90 Å². The van der Waals surface area contributed by atoms with E-state index >= 15 is 0 Å². The lowest BCUT2D eigenvalue weighted by atomic mass is 10.3. The molecule has 19 heavy (non-hydrogen) atoms. The van der Waals surface area contributed by atoms with Crippen LogP contribution in [0.2, 0.25) is 10.0 Å². The fraction of sp³-hybridized carbons (Fsp3) is 0.182. The van der Waals surface area contributed by atoms with Gasteiger partial charge in [0, 0.05) is 15.7 Å².